The quantitative estimate of drug-likeness (QED) is 0.621. The van der Waals surface area contributed by atoms with E-state index in [0.29, 0.717) is 5.56 Å². The van der Waals surface area contributed by atoms with Crippen molar-refractivity contribution in [1.29, 1.82) is 0 Å². The molecule has 2 heteroatoms. The highest BCUT2D eigenvalue weighted by molar-refractivity contribution is 5.71. The maximum absolute atomic E-state index is 14.0. The highest BCUT2D eigenvalue weighted by Gasteiger charge is 2.06. The van der Waals surface area contributed by atoms with Gasteiger partial charge in [0.15, 0.2) is 0 Å². The van der Waals surface area contributed by atoms with Gasteiger partial charge in [-0.1, -0.05) is 48.5 Å². The molecule has 0 atom stereocenters. The van der Waals surface area contributed by atoms with Crippen LogP contribution in [0.2, 0.25) is 0 Å². The Morgan fingerprint density at radius 2 is 1.27 bits per heavy atom. The normalized spacial score (nSPS) is 10.5. The van der Waals surface area contributed by atoms with E-state index in [4.69, 9.17) is 4.74 Å². The van der Waals surface area contributed by atoms with Crippen LogP contribution in [0.25, 0.3) is 22.3 Å². The fourth-order valence-corrected chi connectivity index (χ4v) is 2.48. The molecule has 22 heavy (non-hydrogen) atoms. The highest BCUT2D eigenvalue weighted by atomic mass is 19.1. The van der Waals surface area contributed by atoms with Gasteiger partial charge >= 0.3 is 0 Å². The third-order valence-electron chi connectivity index (χ3n) is 3.74. The number of hydrogen-bond acceptors (Lipinski definition) is 1. The van der Waals surface area contributed by atoms with E-state index in [-0.39, 0.29) is 5.82 Å². The van der Waals surface area contributed by atoms with Crippen LogP contribution in [0.5, 0.6) is 5.75 Å². The van der Waals surface area contributed by atoms with Crippen LogP contribution in [0.15, 0.2) is 66.7 Å². The van der Waals surface area contributed by atoms with Crippen molar-refractivity contribution in [1.82, 2.24) is 0 Å². The lowest BCUT2D eigenvalue weighted by molar-refractivity contribution is 0.415. The Morgan fingerprint density at radius 3 is 1.82 bits per heavy atom. The van der Waals surface area contributed by atoms with E-state index >= 15 is 0 Å². The molecule has 0 unspecified atom stereocenters. The van der Waals surface area contributed by atoms with Crippen molar-refractivity contribution in [2.45, 2.75) is 6.92 Å². The predicted molar refractivity (Wildman–Crippen MR) is 88.6 cm³/mol. The van der Waals surface area contributed by atoms with Crippen molar-refractivity contribution in [3.63, 3.8) is 0 Å². The van der Waals surface area contributed by atoms with Crippen LogP contribution in [0.3, 0.4) is 0 Å². The summed E-state index contributed by atoms with van der Waals surface area (Å²) >= 11 is 0. The molecular weight excluding hydrogens is 275 g/mol. The van der Waals surface area contributed by atoms with Gasteiger partial charge in [0.2, 0.25) is 0 Å². The Bertz CT molecular complexity index is 774. The Kier molecular flexibility index (Phi) is 3.92. The van der Waals surface area contributed by atoms with Gasteiger partial charge in [-0.05, 0) is 47.4 Å². The van der Waals surface area contributed by atoms with Gasteiger partial charge in [0.25, 0.3) is 0 Å². The van der Waals surface area contributed by atoms with Crippen LogP contribution in [-0.2, 0) is 0 Å². The molecule has 3 rings (SSSR count). The summed E-state index contributed by atoms with van der Waals surface area (Å²) in [6, 6.07) is 21.1. The van der Waals surface area contributed by atoms with Gasteiger partial charge in [-0.25, -0.2) is 4.39 Å². The molecule has 0 fully saturated rings. The molecule has 110 valence electrons. The van der Waals surface area contributed by atoms with E-state index in [2.05, 4.69) is 0 Å². The van der Waals surface area contributed by atoms with Crippen molar-refractivity contribution < 1.29 is 9.13 Å². The second-order valence-corrected chi connectivity index (χ2v) is 5.29. The topological polar surface area (TPSA) is 9.23 Å². The lowest BCUT2D eigenvalue weighted by Crippen LogP contribution is -1.86. The van der Waals surface area contributed by atoms with Gasteiger partial charge in [0.1, 0.15) is 11.6 Å². The molecular formula is C20H17FO. The smallest absolute Gasteiger partial charge is 0.131 e. The van der Waals surface area contributed by atoms with Crippen LogP contribution in [-0.4, -0.2) is 7.11 Å². The number of methoxy groups -OCH3 is 1. The first-order valence-electron chi connectivity index (χ1n) is 7.18. The molecule has 0 aliphatic carbocycles. The number of aryl methyl sites for hydroxylation is 1. The molecule has 0 amide bonds. The van der Waals surface area contributed by atoms with E-state index in [0.717, 1.165) is 28.0 Å². The molecule has 0 aromatic heterocycles. The minimum Gasteiger partial charge on any atom is -0.497 e. The molecule has 3 aromatic carbocycles. The van der Waals surface area contributed by atoms with E-state index < -0.39 is 0 Å². The second kappa shape index (κ2) is 6.02. The highest BCUT2D eigenvalue weighted by Crippen LogP contribution is 2.28. The Labute approximate surface area is 130 Å². The molecule has 0 saturated heterocycles. The van der Waals surface area contributed by atoms with Gasteiger partial charge < -0.3 is 4.74 Å². The number of benzene rings is 3. The van der Waals surface area contributed by atoms with Crippen molar-refractivity contribution in [3.05, 3.63) is 78.1 Å². The molecule has 0 aliphatic rings. The molecule has 0 N–H and O–H groups in total. The van der Waals surface area contributed by atoms with Crippen molar-refractivity contribution in [2.75, 3.05) is 7.11 Å². The number of rotatable bonds is 3. The maximum Gasteiger partial charge on any atom is 0.131 e. The van der Waals surface area contributed by atoms with Gasteiger partial charge in [-0.2, -0.15) is 0 Å². The standard InChI is InChI=1S/C20H17FO/c1-14-3-12-19(20(21)13-14)17-6-4-15(5-7-17)16-8-10-18(22-2)11-9-16/h3-13H,1-2H3. The zero-order valence-electron chi connectivity index (χ0n) is 12.6. The lowest BCUT2D eigenvalue weighted by atomic mass is 9.99. The summed E-state index contributed by atoms with van der Waals surface area (Å²) in [7, 11) is 1.65. The van der Waals surface area contributed by atoms with E-state index in [9.17, 15) is 4.39 Å². The summed E-state index contributed by atoms with van der Waals surface area (Å²) in [4.78, 5) is 0. The van der Waals surface area contributed by atoms with Crippen LogP contribution >= 0.6 is 0 Å². The summed E-state index contributed by atoms with van der Waals surface area (Å²) in [5, 5.41) is 0. The Balaban J connectivity index is 1.91. The third-order valence-corrected chi connectivity index (χ3v) is 3.74. The Morgan fingerprint density at radius 1 is 0.727 bits per heavy atom. The van der Waals surface area contributed by atoms with Crippen LogP contribution in [0.1, 0.15) is 5.56 Å². The molecule has 0 aliphatic heterocycles. The minimum absolute atomic E-state index is 0.183. The molecule has 0 radical (unpaired) electrons. The largest absolute Gasteiger partial charge is 0.497 e. The average molecular weight is 292 g/mol. The molecule has 3 aromatic rings. The zero-order valence-corrected chi connectivity index (χ0v) is 12.6. The molecule has 1 nitrogen and oxygen atoms in total. The third kappa shape index (κ3) is 2.86. The maximum atomic E-state index is 14.0. The predicted octanol–water partition coefficient (Wildman–Crippen LogP) is 5.48. The second-order valence-electron chi connectivity index (χ2n) is 5.29. The summed E-state index contributed by atoms with van der Waals surface area (Å²) in [5.41, 5.74) is 4.65. The first-order chi connectivity index (χ1) is 10.7. The first kappa shape index (κ1) is 14.3. The summed E-state index contributed by atoms with van der Waals surface area (Å²) < 4.78 is 19.2. The summed E-state index contributed by atoms with van der Waals surface area (Å²) in [6.45, 7) is 1.89. The summed E-state index contributed by atoms with van der Waals surface area (Å²) in [6.07, 6.45) is 0. The van der Waals surface area contributed by atoms with Crippen LogP contribution < -0.4 is 4.74 Å². The molecule has 0 heterocycles. The summed E-state index contributed by atoms with van der Waals surface area (Å²) in [5.74, 6) is 0.652. The van der Waals surface area contributed by atoms with Gasteiger partial charge in [-0.3, -0.25) is 0 Å². The Hall–Kier alpha value is -2.61. The van der Waals surface area contributed by atoms with Gasteiger partial charge in [0.05, 0.1) is 7.11 Å². The zero-order chi connectivity index (χ0) is 15.5. The van der Waals surface area contributed by atoms with Crippen molar-refractivity contribution in [3.8, 4) is 28.0 Å². The van der Waals surface area contributed by atoms with E-state index in [1.165, 1.54) is 0 Å². The number of hydrogen-bond donors (Lipinski definition) is 0. The van der Waals surface area contributed by atoms with Gasteiger partial charge in [-0.15, -0.1) is 0 Å². The monoisotopic (exact) mass is 292 g/mol. The fourth-order valence-electron chi connectivity index (χ4n) is 2.48. The first-order valence-corrected chi connectivity index (χ1v) is 7.18. The van der Waals surface area contributed by atoms with Crippen molar-refractivity contribution in [2.24, 2.45) is 0 Å². The average Bonchev–Trinajstić information content (AvgIpc) is 2.55. The fraction of sp³-hybridized carbons (Fsp3) is 0.100. The molecule has 0 spiro atoms. The molecule has 0 bridgehead atoms. The SMILES string of the molecule is COc1ccc(-c2ccc(-c3ccc(C)cc3F)cc2)cc1. The van der Waals surface area contributed by atoms with E-state index in [1.807, 2.05) is 67.6 Å². The number of halogens is 1. The minimum atomic E-state index is -0.183. The van der Waals surface area contributed by atoms with E-state index in [1.54, 1.807) is 13.2 Å². The molecule has 0 saturated carbocycles. The van der Waals surface area contributed by atoms with Crippen molar-refractivity contribution >= 4 is 0 Å². The van der Waals surface area contributed by atoms with Crippen LogP contribution in [0, 0.1) is 12.7 Å². The lowest BCUT2D eigenvalue weighted by Gasteiger charge is -2.07. The van der Waals surface area contributed by atoms with Gasteiger partial charge in [0, 0.05) is 5.56 Å². The van der Waals surface area contributed by atoms with Crippen LogP contribution in [0.4, 0.5) is 4.39 Å². The number of ether oxygens (including phenoxy) is 1.